The number of carbonyl (C=O) groups excluding carboxylic acids is 2. The van der Waals surface area contributed by atoms with Gasteiger partial charge in [-0.25, -0.2) is 0 Å². The van der Waals surface area contributed by atoms with E-state index in [1.807, 2.05) is 0 Å². The molecule has 2 amide bonds. The monoisotopic (exact) mass is 338 g/mol. The van der Waals surface area contributed by atoms with Gasteiger partial charge in [-0.2, -0.15) is 0 Å². The largest absolute Gasteiger partial charge is 0.459 e. The highest BCUT2D eigenvalue weighted by molar-refractivity contribution is 5.91. The van der Waals surface area contributed by atoms with Crippen LogP contribution in [0.1, 0.15) is 40.9 Å². The van der Waals surface area contributed by atoms with Crippen molar-refractivity contribution in [2.75, 3.05) is 13.1 Å². The van der Waals surface area contributed by atoms with Gasteiger partial charge >= 0.3 is 0 Å². The topological polar surface area (TPSA) is 71.3 Å². The molecule has 1 saturated carbocycles. The van der Waals surface area contributed by atoms with Crippen molar-refractivity contribution < 1.29 is 14.0 Å². The number of benzene rings is 1. The van der Waals surface area contributed by atoms with Crippen LogP contribution in [0.2, 0.25) is 0 Å². The van der Waals surface area contributed by atoms with E-state index in [4.69, 9.17) is 4.42 Å². The summed E-state index contributed by atoms with van der Waals surface area (Å²) >= 11 is 0. The van der Waals surface area contributed by atoms with Crippen molar-refractivity contribution in [3.05, 3.63) is 59.5 Å². The van der Waals surface area contributed by atoms with E-state index >= 15 is 0 Å². The molecule has 1 heterocycles. The Bertz CT molecular complexity index is 784. The average Bonchev–Trinajstić information content (AvgIpc) is 2.98. The zero-order chi connectivity index (χ0) is 17.3. The van der Waals surface area contributed by atoms with E-state index in [-0.39, 0.29) is 24.0 Å². The van der Waals surface area contributed by atoms with Crippen LogP contribution in [0.4, 0.5) is 0 Å². The first-order valence-corrected chi connectivity index (χ1v) is 8.86. The molecular formula is C20H22N2O3. The van der Waals surface area contributed by atoms with Crippen LogP contribution in [0.3, 0.4) is 0 Å². The maximum Gasteiger partial charge on any atom is 0.286 e. The Kier molecular flexibility index (Phi) is 4.07. The summed E-state index contributed by atoms with van der Waals surface area (Å²) in [5.41, 5.74) is 3.26. The lowest BCUT2D eigenvalue weighted by Crippen LogP contribution is -2.32. The number of carbonyl (C=O) groups is 2. The van der Waals surface area contributed by atoms with E-state index in [2.05, 4.69) is 34.9 Å². The fourth-order valence-corrected chi connectivity index (χ4v) is 4.11. The summed E-state index contributed by atoms with van der Waals surface area (Å²) in [5.74, 6) is 0.493. The number of hydrogen-bond donors (Lipinski definition) is 2. The van der Waals surface area contributed by atoms with Crippen molar-refractivity contribution in [1.82, 2.24) is 10.6 Å². The second-order valence-electron chi connectivity index (χ2n) is 7.00. The lowest BCUT2D eigenvalue weighted by atomic mass is 9.95. The fraction of sp³-hybridized carbons (Fsp3) is 0.400. The summed E-state index contributed by atoms with van der Waals surface area (Å²) in [6, 6.07) is 11.9. The lowest BCUT2D eigenvalue weighted by molar-refractivity contribution is -0.121. The van der Waals surface area contributed by atoms with Crippen molar-refractivity contribution in [1.29, 1.82) is 0 Å². The van der Waals surface area contributed by atoms with Crippen LogP contribution in [0, 0.1) is 5.92 Å². The smallest absolute Gasteiger partial charge is 0.286 e. The highest BCUT2D eigenvalue weighted by atomic mass is 16.3. The molecule has 2 aliphatic carbocycles. The zero-order valence-corrected chi connectivity index (χ0v) is 14.1. The molecule has 1 fully saturated rings. The van der Waals surface area contributed by atoms with Gasteiger partial charge in [0.15, 0.2) is 5.76 Å². The molecule has 5 nitrogen and oxygen atoms in total. The summed E-state index contributed by atoms with van der Waals surface area (Å²) in [4.78, 5) is 23.7. The first kappa shape index (κ1) is 15.9. The minimum Gasteiger partial charge on any atom is -0.459 e. The molecule has 0 aliphatic heterocycles. The van der Waals surface area contributed by atoms with Crippen LogP contribution >= 0.6 is 0 Å². The van der Waals surface area contributed by atoms with Gasteiger partial charge in [0, 0.05) is 24.9 Å². The Balaban J connectivity index is 1.20. The number of furan rings is 1. The minimum absolute atomic E-state index is 0.0203. The first-order chi connectivity index (χ1) is 12.2. The van der Waals surface area contributed by atoms with Crippen LogP contribution in [-0.2, 0) is 16.6 Å². The molecule has 1 aromatic carbocycles. The minimum atomic E-state index is -0.290. The molecule has 5 heteroatoms. The second-order valence-corrected chi connectivity index (χ2v) is 7.00. The van der Waals surface area contributed by atoms with Gasteiger partial charge in [0.05, 0.1) is 6.26 Å². The number of rotatable bonds is 6. The highest BCUT2D eigenvalue weighted by Gasteiger charge is 2.57. The predicted molar refractivity (Wildman–Crippen MR) is 93.2 cm³/mol. The normalized spacial score (nSPS) is 23.3. The van der Waals surface area contributed by atoms with E-state index in [1.165, 1.54) is 30.2 Å². The summed E-state index contributed by atoms with van der Waals surface area (Å²) in [7, 11) is 0. The van der Waals surface area contributed by atoms with Gasteiger partial charge in [0.25, 0.3) is 5.91 Å². The maximum absolute atomic E-state index is 12.0. The highest BCUT2D eigenvalue weighted by Crippen LogP contribution is 2.61. The van der Waals surface area contributed by atoms with Gasteiger partial charge in [0.1, 0.15) is 0 Å². The third kappa shape index (κ3) is 3.06. The SMILES string of the molecule is O=C(CCNC(=O)c1ccco1)NC[C@@H]1C[C@@]12CCc1ccccc12. The number of hydrogen-bond acceptors (Lipinski definition) is 3. The van der Waals surface area contributed by atoms with E-state index < -0.39 is 0 Å². The van der Waals surface area contributed by atoms with Crippen molar-refractivity contribution in [2.24, 2.45) is 5.92 Å². The van der Waals surface area contributed by atoms with Crippen LogP contribution < -0.4 is 10.6 Å². The lowest BCUT2D eigenvalue weighted by Gasteiger charge is -2.12. The molecule has 2 aromatic rings. The average molecular weight is 338 g/mol. The van der Waals surface area contributed by atoms with E-state index in [1.54, 1.807) is 12.1 Å². The number of fused-ring (bicyclic) bond motifs is 2. The number of aryl methyl sites for hydroxylation is 1. The van der Waals surface area contributed by atoms with Gasteiger partial charge in [0.2, 0.25) is 5.91 Å². The van der Waals surface area contributed by atoms with Crippen molar-refractivity contribution >= 4 is 11.8 Å². The van der Waals surface area contributed by atoms with Crippen molar-refractivity contribution in [3.63, 3.8) is 0 Å². The van der Waals surface area contributed by atoms with E-state index in [0.717, 1.165) is 13.0 Å². The maximum atomic E-state index is 12.0. The molecule has 1 spiro atoms. The van der Waals surface area contributed by atoms with Gasteiger partial charge in [-0.3, -0.25) is 9.59 Å². The standard InChI is InChI=1S/C20H22N2O3/c23-18(8-10-21-19(24)17-6-3-11-25-17)22-13-15-12-20(15)9-7-14-4-1-2-5-16(14)20/h1-6,11,15H,7-10,12-13H2,(H,21,24)(H,22,23)/t15-,20-/m0/s1. The summed E-state index contributed by atoms with van der Waals surface area (Å²) in [6.45, 7) is 1.03. The van der Waals surface area contributed by atoms with E-state index in [9.17, 15) is 9.59 Å². The molecule has 2 N–H and O–H groups in total. The molecule has 0 saturated heterocycles. The molecule has 1 aromatic heterocycles. The molecular weight excluding hydrogens is 316 g/mol. The molecule has 0 unspecified atom stereocenters. The Labute approximate surface area is 146 Å². The van der Waals surface area contributed by atoms with Crippen LogP contribution in [0.5, 0.6) is 0 Å². The molecule has 2 atom stereocenters. The third-order valence-electron chi connectivity index (χ3n) is 5.55. The first-order valence-electron chi connectivity index (χ1n) is 8.86. The van der Waals surface area contributed by atoms with Gasteiger partial charge in [-0.15, -0.1) is 0 Å². The molecule has 130 valence electrons. The predicted octanol–water partition coefficient (Wildman–Crippen LogP) is 2.42. The van der Waals surface area contributed by atoms with Gasteiger partial charge in [-0.1, -0.05) is 24.3 Å². The quantitative estimate of drug-likeness (QED) is 0.850. The van der Waals surface area contributed by atoms with Gasteiger partial charge < -0.3 is 15.1 Å². The summed E-state index contributed by atoms with van der Waals surface area (Å²) in [5, 5.41) is 5.71. The van der Waals surface area contributed by atoms with E-state index in [0.29, 0.717) is 17.9 Å². The van der Waals surface area contributed by atoms with Crippen LogP contribution in [0.25, 0.3) is 0 Å². The molecule has 0 bridgehead atoms. The fourth-order valence-electron chi connectivity index (χ4n) is 4.11. The number of amides is 2. The Morgan fingerprint density at radius 2 is 2.04 bits per heavy atom. The Morgan fingerprint density at radius 1 is 1.16 bits per heavy atom. The van der Waals surface area contributed by atoms with Crippen LogP contribution in [0.15, 0.2) is 47.1 Å². The Hall–Kier alpha value is -2.56. The summed E-state index contributed by atoms with van der Waals surface area (Å²) < 4.78 is 5.01. The molecule has 4 rings (SSSR count). The third-order valence-corrected chi connectivity index (χ3v) is 5.55. The molecule has 25 heavy (non-hydrogen) atoms. The second kappa shape index (κ2) is 6.39. The molecule has 2 aliphatic rings. The Morgan fingerprint density at radius 3 is 2.88 bits per heavy atom. The van der Waals surface area contributed by atoms with Gasteiger partial charge in [-0.05, 0) is 48.4 Å². The zero-order valence-electron chi connectivity index (χ0n) is 14.1. The van der Waals surface area contributed by atoms with Crippen molar-refractivity contribution in [3.8, 4) is 0 Å². The van der Waals surface area contributed by atoms with Crippen LogP contribution in [-0.4, -0.2) is 24.9 Å². The summed E-state index contributed by atoms with van der Waals surface area (Å²) in [6.07, 6.45) is 5.25. The molecule has 0 radical (unpaired) electrons. The number of nitrogens with one attached hydrogen (secondary N) is 2. The van der Waals surface area contributed by atoms with Crippen molar-refractivity contribution in [2.45, 2.75) is 31.1 Å².